The fourth-order valence-corrected chi connectivity index (χ4v) is 8.46. The van der Waals surface area contributed by atoms with Crippen LogP contribution in [0.1, 0.15) is 219 Å². The number of rotatable bonds is 43. The van der Waals surface area contributed by atoms with E-state index in [1.165, 1.54) is 141 Å². The Kier molecular flexibility index (Phi) is 37.0. The van der Waals surface area contributed by atoms with E-state index in [2.05, 4.69) is 25.7 Å². The molecule has 1 saturated heterocycles. The first-order valence-electron chi connectivity index (χ1n) is 24.9. The van der Waals surface area contributed by atoms with Crippen molar-refractivity contribution in [3.63, 3.8) is 0 Å². The number of hydrogen-bond donors (Lipinski definition) is 4. The van der Waals surface area contributed by atoms with Crippen LogP contribution in [0.4, 0.5) is 0 Å². The number of aliphatic hydroxyl groups excluding tert-OH is 3. The SMILES string of the molecule is C=CCCCCCCCCCCCCCCCC(=O)OC[C@H](CO[C@H]1O[C@H](CS(=O)(=O)O)[C@@H](O)C(O)C1O)OC(=O)CCCCCCCCCCC/C=C/CCCCCCCC. The van der Waals surface area contributed by atoms with Gasteiger partial charge in [0.2, 0.25) is 0 Å². The third-order valence-corrected chi connectivity index (χ3v) is 12.4. The van der Waals surface area contributed by atoms with Crippen LogP contribution in [0.3, 0.4) is 0 Å². The lowest BCUT2D eigenvalue weighted by Crippen LogP contribution is -2.60. The van der Waals surface area contributed by atoms with Crippen LogP contribution in [0.25, 0.3) is 0 Å². The second-order valence-corrected chi connectivity index (χ2v) is 19.1. The first kappa shape index (κ1) is 58.1. The fraction of sp³-hybridized carbons (Fsp3) is 0.878. The topological polar surface area (TPSA) is 186 Å². The van der Waals surface area contributed by atoms with Crippen molar-refractivity contribution in [2.75, 3.05) is 19.0 Å². The van der Waals surface area contributed by atoms with E-state index in [0.717, 1.165) is 44.9 Å². The summed E-state index contributed by atoms with van der Waals surface area (Å²) in [5, 5.41) is 30.9. The first-order valence-corrected chi connectivity index (χ1v) is 26.5. The number of hydrogen-bond acceptors (Lipinski definition) is 11. The molecular weight excluding hydrogens is 813 g/mol. The van der Waals surface area contributed by atoms with Gasteiger partial charge in [-0.2, -0.15) is 8.42 Å². The van der Waals surface area contributed by atoms with Crippen LogP contribution in [0.2, 0.25) is 0 Å². The molecule has 0 amide bonds. The molecule has 0 bridgehead atoms. The van der Waals surface area contributed by atoms with Gasteiger partial charge >= 0.3 is 11.9 Å². The second-order valence-electron chi connectivity index (χ2n) is 17.6. The standard InChI is InChI=1S/C49H90O12S/c1-3-5-7-9-11-13-15-17-19-20-21-22-24-26-28-30-32-34-36-38-45(51)60-42(40-59-49-48(54)47(53)46(52)43(61-49)41-62(55,56)57)39-58-44(50)37-35-33-31-29-27-25-23-18-16-14-12-10-8-6-4-2/h4,17,19,42-43,46-49,52-54H,2-3,5-16,18,20-41H2,1H3,(H,55,56,57)/b19-17+/t42-,43-,46-,47?,48?,49+/m1/s1. The second kappa shape index (κ2) is 39.5. The van der Waals surface area contributed by atoms with Crippen LogP contribution < -0.4 is 0 Å². The van der Waals surface area contributed by atoms with Crippen molar-refractivity contribution in [2.24, 2.45) is 0 Å². The van der Waals surface area contributed by atoms with E-state index in [1.54, 1.807) is 0 Å². The van der Waals surface area contributed by atoms with E-state index >= 15 is 0 Å². The predicted molar refractivity (Wildman–Crippen MR) is 247 cm³/mol. The number of unbranched alkanes of at least 4 members (excludes halogenated alkanes) is 28. The number of carbonyl (C=O) groups is 2. The highest BCUT2D eigenvalue weighted by Crippen LogP contribution is 2.24. The van der Waals surface area contributed by atoms with E-state index < -0.39 is 71.2 Å². The maximum Gasteiger partial charge on any atom is 0.306 e. The Morgan fingerprint density at radius 1 is 0.581 bits per heavy atom. The van der Waals surface area contributed by atoms with Crippen molar-refractivity contribution in [1.29, 1.82) is 0 Å². The molecular formula is C49H90O12S. The summed E-state index contributed by atoms with van der Waals surface area (Å²) in [6, 6.07) is 0. The Labute approximate surface area is 377 Å². The van der Waals surface area contributed by atoms with Gasteiger partial charge in [0.25, 0.3) is 10.1 Å². The Bertz CT molecular complexity index is 1230. The van der Waals surface area contributed by atoms with E-state index in [0.29, 0.717) is 12.8 Å². The lowest BCUT2D eigenvalue weighted by molar-refractivity contribution is -0.297. The molecule has 1 fully saturated rings. The van der Waals surface area contributed by atoms with Crippen molar-refractivity contribution in [1.82, 2.24) is 0 Å². The molecule has 0 aromatic heterocycles. The summed E-state index contributed by atoms with van der Waals surface area (Å²) in [6.45, 7) is 5.31. The largest absolute Gasteiger partial charge is 0.462 e. The summed E-state index contributed by atoms with van der Waals surface area (Å²) in [7, 11) is -4.60. The minimum atomic E-state index is -4.60. The highest BCUT2D eigenvalue weighted by Gasteiger charge is 2.46. The zero-order valence-corrected chi connectivity index (χ0v) is 39.6. The quantitative estimate of drug-likeness (QED) is 0.0197. The van der Waals surface area contributed by atoms with Crippen molar-refractivity contribution >= 4 is 22.1 Å². The summed E-state index contributed by atoms with van der Waals surface area (Å²) < 4.78 is 54.2. The predicted octanol–water partition coefficient (Wildman–Crippen LogP) is 10.8. The highest BCUT2D eigenvalue weighted by atomic mass is 32.2. The van der Waals surface area contributed by atoms with Crippen LogP contribution >= 0.6 is 0 Å². The molecule has 0 saturated carbocycles. The number of allylic oxidation sites excluding steroid dienone is 3. The summed E-state index contributed by atoms with van der Waals surface area (Å²) >= 11 is 0. The van der Waals surface area contributed by atoms with Crippen LogP contribution in [-0.4, -0.2) is 96.0 Å². The molecule has 1 rings (SSSR count). The minimum absolute atomic E-state index is 0.164. The molecule has 13 heteroatoms. The molecule has 6 atom stereocenters. The van der Waals surface area contributed by atoms with Gasteiger partial charge in [-0.1, -0.05) is 173 Å². The minimum Gasteiger partial charge on any atom is -0.462 e. The van der Waals surface area contributed by atoms with Gasteiger partial charge < -0.3 is 34.3 Å². The molecule has 364 valence electrons. The Balaban J connectivity index is 2.38. The van der Waals surface area contributed by atoms with Crippen molar-refractivity contribution in [3.8, 4) is 0 Å². The molecule has 0 spiro atoms. The van der Waals surface area contributed by atoms with Crippen LogP contribution in [0, 0.1) is 0 Å². The average Bonchev–Trinajstić information content (AvgIpc) is 3.24. The monoisotopic (exact) mass is 903 g/mol. The lowest BCUT2D eigenvalue weighted by Gasteiger charge is -2.40. The maximum absolute atomic E-state index is 12.9. The summed E-state index contributed by atoms with van der Waals surface area (Å²) in [5.74, 6) is -1.98. The summed E-state index contributed by atoms with van der Waals surface area (Å²) in [4.78, 5) is 25.5. The van der Waals surface area contributed by atoms with Gasteiger partial charge in [-0.25, -0.2) is 0 Å². The molecule has 12 nitrogen and oxygen atoms in total. The van der Waals surface area contributed by atoms with Gasteiger partial charge in [-0.3, -0.25) is 14.1 Å². The van der Waals surface area contributed by atoms with Crippen molar-refractivity contribution in [3.05, 3.63) is 24.8 Å². The Morgan fingerprint density at radius 2 is 1.00 bits per heavy atom. The molecule has 1 aliphatic rings. The third-order valence-electron chi connectivity index (χ3n) is 11.6. The van der Waals surface area contributed by atoms with Gasteiger partial charge in [-0.05, 0) is 51.4 Å². The number of ether oxygens (including phenoxy) is 4. The van der Waals surface area contributed by atoms with E-state index in [9.17, 15) is 37.9 Å². The van der Waals surface area contributed by atoms with Crippen LogP contribution in [-0.2, 0) is 38.7 Å². The molecule has 1 aliphatic heterocycles. The summed E-state index contributed by atoms with van der Waals surface area (Å²) in [6.07, 6.45) is 33.9. The van der Waals surface area contributed by atoms with Gasteiger partial charge in [0, 0.05) is 12.8 Å². The average molecular weight is 903 g/mol. The molecule has 62 heavy (non-hydrogen) atoms. The van der Waals surface area contributed by atoms with E-state index in [1.807, 2.05) is 6.08 Å². The summed E-state index contributed by atoms with van der Waals surface area (Å²) in [5.41, 5.74) is 0. The zero-order valence-electron chi connectivity index (χ0n) is 38.8. The number of aliphatic hydroxyl groups is 3. The number of carbonyl (C=O) groups excluding carboxylic acids is 2. The maximum atomic E-state index is 12.9. The highest BCUT2D eigenvalue weighted by molar-refractivity contribution is 7.85. The smallest absolute Gasteiger partial charge is 0.306 e. The third kappa shape index (κ3) is 33.6. The molecule has 0 aliphatic carbocycles. The molecule has 4 N–H and O–H groups in total. The molecule has 0 radical (unpaired) electrons. The normalized spacial score (nSPS) is 19.8. The fourth-order valence-electron chi connectivity index (χ4n) is 7.77. The van der Waals surface area contributed by atoms with Gasteiger partial charge in [0.05, 0.1) is 6.61 Å². The van der Waals surface area contributed by atoms with Gasteiger partial charge in [0.1, 0.15) is 36.8 Å². The van der Waals surface area contributed by atoms with Crippen molar-refractivity contribution < 1.29 is 56.8 Å². The zero-order chi connectivity index (χ0) is 45.5. The molecule has 1 heterocycles. The Morgan fingerprint density at radius 3 is 1.45 bits per heavy atom. The Hall–Kier alpha value is -1.87. The lowest BCUT2D eigenvalue weighted by atomic mass is 10.00. The van der Waals surface area contributed by atoms with E-state index in [4.69, 9.17) is 18.9 Å². The number of esters is 2. The molecule has 0 aromatic rings. The van der Waals surface area contributed by atoms with Crippen molar-refractivity contribution in [2.45, 2.75) is 256 Å². The van der Waals surface area contributed by atoms with Crippen LogP contribution in [0.15, 0.2) is 24.8 Å². The first-order chi connectivity index (χ1) is 30.0. The van der Waals surface area contributed by atoms with Crippen LogP contribution in [0.5, 0.6) is 0 Å². The molecule has 0 aromatic carbocycles. The molecule has 2 unspecified atom stereocenters. The van der Waals surface area contributed by atoms with E-state index in [-0.39, 0.29) is 19.4 Å². The van der Waals surface area contributed by atoms with Gasteiger partial charge in [0.15, 0.2) is 12.4 Å². The van der Waals surface area contributed by atoms with Gasteiger partial charge in [-0.15, -0.1) is 6.58 Å².